The molecule has 0 amide bonds. The molecule has 106 valence electrons. The lowest BCUT2D eigenvalue weighted by Crippen LogP contribution is -2.04. The highest BCUT2D eigenvalue weighted by Gasteiger charge is 2.30. The van der Waals surface area contributed by atoms with E-state index in [4.69, 9.17) is 9.63 Å². The Labute approximate surface area is 114 Å². The smallest absolute Gasteiger partial charge is 0.416 e. The van der Waals surface area contributed by atoms with Gasteiger partial charge in [0.1, 0.15) is 5.75 Å². The molecule has 0 unspecified atom stereocenters. The summed E-state index contributed by atoms with van der Waals surface area (Å²) in [6.45, 7) is 0. The molecule has 1 N–H and O–H groups in total. The summed E-state index contributed by atoms with van der Waals surface area (Å²) in [6.07, 6.45) is -4.46. The first-order valence-electron chi connectivity index (χ1n) is 5.22. The monoisotopic (exact) mass is 304 g/mol. The Morgan fingerprint density at radius 1 is 1.40 bits per heavy atom. The minimum absolute atomic E-state index is 0.0141. The molecular weight excluding hydrogens is 297 g/mol. The van der Waals surface area contributed by atoms with Crippen LogP contribution in [0.2, 0.25) is 0 Å². The molecule has 0 saturated heterocycles. The van der Waals surface area contributed by atoms with Crippen molar-refractivity contribution >= 4 is 17.7 Å². The van der Waals surface area contributed by atoms with Crippen LogP contribution >= 0.6 is 11.8 Å². The van der Waals surface area contributed by atoms with E-state index < -0.39 is 17.7 Å². The van der Waals surface area contributed by atoms with Crippen molar-refractivity contribution in [3.63, 3.8) is 0 Å². The number of halogens is 3. The average molecular weight is 304 g/mol. The number of thioether (sulfide) groups is 1. The Morgan fingerprint density at radius 2 is 2.15 bits per heavy atom. The summed E-state index contributed by atoms with van der Waals surface area (Å²) in [6, 6.07) is 4.48. The van der Waals surface area contributed by atoms with Gasteiger partial charge in [-0.05, 0) is 12.1 Å². The number of carboxylic acids is 1. The molecule has 0 saturated carbocycles. The van der Waals surface area contributed by atoms with E-state index in [-0.39, 0.29) is 22.4 Å². The van der Waals surface area contributed by atoms with Gasteiger partial charge in [-0.3, -0.25) is 4.79 Å². The first-order chi connectivity index (χ1) is 9.36. The van der Waals surface area contributed by atoms with Crippen LogP contribution in [-0.4, -0.2) is 27.0 Å². The molecule has 0 spiro atoms. The third-order valence-corrected chi connectivity index (χ3v) is 2.98. The molecule has 0 radical (unpaired) electrons. The lowest BCUT2D eigenvalue weighted by atomic mass is 10.1. The topological polar surface area (TPSA) is 76.2 Å². The van der Waals surface area contributed by atoms with Gasteiger partial charge in [-0.1, -0.05) is 29.1 Å². The van der Waals surface area contributed by atoms with Crippen molar-refractivity contribution in [2.45, 2.75) is 11.4 Å². The number of nitrogens with zero attached hydrogens (tertiary/aromatic N) is 2. The zero-order valence-corrected chi connectivity index (χ0v) is 10.5. The molecule has 0 fully saturated rings. The lowest BCUT2D eigenvalue weighted by Gasteiger charge is -2.06. The highest BCUT2D eigenvalue weighted by atomic mass is 32.2. The molecule has 0 aliphatic rings. The molecule has 1 aromatic carbocycles. The predicted octanol–water partition coefficient (Wildman–Crippen LogP) is 2.93. The van der Waals surface area contributed by atoms with Crippen molar-refractivity contribution in [3.05, 3.63) is 29.8 Å². The van der Waals surface area contributed by atoms with Crippen molar-refractivity contribution in [2.24, 2.45) is 0 Å². The molecule has 0 aliphatic heterocycles. The fraction of sp³-hybridized carbons (Fsp3) is 0.182. The number of benzene rings is 1. The maximum absolute atomic E-state index is 12.6. The van der Waals surface area contributed by atoms with Crippen LogP contribution in [0.5, 0.6) is 0 Å². The van der Waals surface area contributed by atoms with Crippen LogP contribution in [0.15, 0.2) is 34.0 Å². The SMILES string of the molecule is O=C(O)CSc1nc(-c2cccc(C(F)(F)F)c2)no1. The van der Waals surface area contributed by atoms with Gasteiger partial charge in [-0.2, -0.15) is 18.2 Å². The molecule has 0 atom stereocenters. The van der Waals surface area contributed by atoms with Crippen molar-refractivity contribution in [1.82, 2.24) is 10.1 Å². The Morgan fingerprint density at radius 3 is 2.80 bits per heavy atom. The van der Waals surface area contributed by atoms with Gasteiger partial charge in [0.2, 0.25) is 5.82 Å². The molecule has 9 heteroatoms. The molecular formula is C11H7F3N2O3S. The molecule has 5 nitrogen and oxygen atoms in total. The third-order valence-electron chi connectivity index (χ3n) is 2.17. The lowest BCUT2D eigenvalue weighted by molar-refractivity contribution is -0.137. The van der Waals surface area contributed by atoms with E-state index in [2.05, 4.69) is 10.1 Å². The van der Waals surface area contributed by atoms with Gasteiger partial charge in [-0.25, -0.2) is 0 Å². The first kappa shape index (κ1) is 14.4. The Balaban J connectivity index is 2.22. The van der Waals surface area contributed by atoms with Gasteiger partial charge in [0.05, 0.1) is 5.56 Å². The number of carboxylic acid groups (broad SMARTS) is 1. The predicted molar refractivity (Wildman–Crippen MR) is 63.1 cm³/mol. The highest BCUT2D eigenvalue weighted by Crippen LogP contribution is 2.31. The van der Waals surface area contributed by atoms with Crippen molar-refractivity contribution < 1.29 is 27.6 Å². The van der Waals surface area contributed by atoms with E-state index in [1.54, 1.807) is 0 Å². The summed E-state index contributed by atoms with van der Waals surface area (Å²) in [7, 11) is 0. The van der Waals surface area contributed by atoms with Gasteiger partial charge in [0, 0.05) is 5.56 Å². The summed E-state index contributed by atoms with van der Waals surface area (Å²) in [5.41, 5.74) is -0.676. The number of aromatic nitrogens is 2. The summed E-state index contributed by atoms with van der Waals surface area (Å²) in [5.74, 6) is -1.36. The molecule has 2 aromatic rings. The molecule has 0 bridgehead atoms. The Kier molecular flexibility index (Phi) is 3.98. The fourth-order valence-corrected chi connectivity index (χ4v) is 1.83. The quantitative estimate of drug-likeness (QED) is 0.875. The average Bonchev–Trinajstić information content (AvgIpc) is 2.84. The summed E-state index contributed by atoms with van der Waals surface area (Å²) >= 11 is 0.792. The fourth-order valence-electron chi connectivity index (χ4n) is 1.34. The number of rotatable bonds is 4. The van der Waals surface area contributed by atoms with Crippen LogP contribution in [0, 0.1) is 0 Å². The minimum atomic E-state index is -4.46. The standard InChI is InChI=1S/C11H7F3N2O3S/c12-11(13,14)7-3-1-2-6(4-7)9-15-10(19-16-9)20-5-8(17)18/h1-4H,5H2,(H,17,18). The van der Waals surface area contributed by atoms with Crippen LogP contribution < -0.4 is 0 Å². The molecule has 0 aliphatic carbocycles. The molecule has 1 heterocycles. The second kappa shape index (κ2) is 5.53. The number of carbonyl (C=O) groups is 1. The summed E-state index contributed by atoms with van der Waals surface area (Å²) in [5, 5.41) is 12.0. The number of hydrogen-bond donors (Lipinski definition) is 1. The first-order valence-corrected chi connectivity index (χ1v) is 6.21. The van der Waals surface area contributed by atoms with E-state index in [0.717, 1.165) is 23.9 Å². The molecule has 1 aromatic heterocycles. The van der Waals surface area contributed by atoms with Crippen LogP contribution in [-0.2, 0) is 11.0 Å². The van der Waals surface area contributed by atoms with Crippen LogP contribution in [0.1, 0.15) is 5.56 Å². The van der Waals surface area contributed by atoms with Crippen LogP contribution in [0.4, 0.5) is 13.2 Å². The second-order valence-corrected chi connectivity index (χ2v) is 4.57. The largest absolute Gasteiger partial charge is 0.481 e. The zero-order valence-electron chi connectivity index (χ0n) is 9.72. The van der Waals surface area contributed by atoms with Crippen molar-refractivity contribution in [2.75, 3.05) is 5.75 Å². The van der Waals surface area contributed by atoms with E-state index in [1.165, 1.54) is 12.1 Å². The highest BCUT2D eigenvalue weighted by molar-refractivity contribution is 7.99. The van der Waals surface area contributed by atoms with Gasteiger partial charge in [0.15, 0.2) is 0 Å². The minimum Gasteiger partial charge on any atom is -0.481 e. The van der Waals surface area contributed by atoms with Crippen LogP contribution in [0.3, 0.4) is 0 Å². The van der Waals surface area contributed by atoms with Crippen molar-refractivity contribution in [3.8, 4) is 11.4 Å². The normalized spacial score (nSPS) is 11.6. The maximum atomic E-state index is 12.6. The van der Waals surface area contributed by atoms with E-state index in [1.807, 2.05) is 0 Å². The van der Waals surface area contributed by atoms with E-state index >= 15 is 0 Å². The molecule has 20 heavy (non-hydrogen) atoms. The maximum Gasteiger partial charge on any atom is 0.416 e. The number of alkyl halides is 3. The second-order valence-electron chi connectivity index (χ2n) is 3.64. The number of aliphatic carboxylic acids is 1. The van der Waals surface area contributed by atoms with Gasteiger partial charge < -0.3 is 9.63 Å². The third kappa shape index (κ3) is 3.50. The molecule has 2 rings (SSSR count). The Hall–Kier alpha value is -2.03. The van der Waals surface area contributed by atoms with E-state index in [0.29, 0.717) is 0 Å². The Bertz CT molecular complexity index is 627. The van der Waals surface area contributed by atoms with E-state index in [9.17, 15) is 18.0 Å². The van der Waals surface area contributed by atoms with Crippen molar-refractivity contribution in [1.29, 1.82) is 0 Å². The summed E-state index contributed by atoms with van der Waals surface area (Å²) < 4.78 is 42.4. The van der Waals surface area contributed by atoms with Crippen LogP contribution in [0.25, 0.3) is 11.4 Å². The van der Waals surface area contributed by atoms with Gasteiger partial charge in [0.25, 0.3) is 5.22 Å². The number of hydrogen-bond acceptors (Lipinski definition) is 5. The van der Waals surface area contributed by atoms with Gasteiger partial charge in [-0.15, -0.1) is 0 Å². The van der Waals surface area contributed by atoms with Gasteiger partial charge >= 0.3 is 12.1 Å². The summed E-state index contributed by atoms with van der Waals surface area (Å²) in [4.78, 5) is 14.2. The zero-order chi connectivity index (χ0) is 14.8.